The summed E-state index contributed by atoms with van der Waals surface area (Å²) < 4.78 is 5.59. The first-order valence-electron chi connectivity index (χ1n) is 5.35. The number of nitrogens with one attached hydrogen (secondary N) is 1. The predicted molar refractivity (Wildman–Crippen MR) is 52.7 cm³/mol. The second-order valence-electron chi connectivity index (χ2n) is 4.35. The van der Waals surface area contributed by atoms with Crippen molar-refractivity contribution in [3.63, 3.8) is 0 Å². The van der Waals surface area contributed by atoms with E-state index in [-0.39, 0.29) is 11.9 Å². The highest BCUT2D eigenvalue weighted by molar-refractivity contribution is 5.79. The highest BCUT2D eigenvalue weighted by atomic mass is 16.5. The molecule has 0 aromatic rings. The van der Waals surface area contributed by atoms with E-state index in [0.29, 0.717) is 18.1 Å². The van der Waals surface area contributed by atoms with Crippen LogP contribution in [0.1, 0.15) is 26.2 Å². The Hall–Kier alpha value is -0.610. The topological polar surface area (TPSA) is 64.3 Å². The summed E-state index contributed by atoms with van der Waals surface area (Å²) in [5.74, 6) is 0.329. The van der Waals surface area contributed by atoms with Crippen molar-refractivity contribution in [1.29, 1.82) is 0 Å². The number of hydrogen-bond donors (Lipinski definition) is 2. The molecule has 0 aromatic carbocycles. The molecule has 0 bridgehead atoms. The van der Waals surface area contributed by atoms with Crippen molar-refractivity contribution in [2.45, 2.75) is 44.4 Å². The van der Waals surface area contributed by atoms with E-state index < -0.39 is 0 Å². The molecule has 80 valence electrons. The summed E-state index contributed by atoms with van der Waals surface area (Å²) in [5, 5.41) is 3.26. The van der Waals surface area contributed by atoms with Crippen LogP contribution in [0.5, 0.6) is 0 Å². The van der Waals surface area contributed by atoms with Crippen LogP contribution in [0.25, 0.3) is 0 Å². The number of carbonyl (C=O) groups is 1. The molecule has 1 saturated heterocycles. The van der Waals surface area contributed by atoms with Crippen molar-refractivity contribution < 1.29 is 9.53 Å². The lowest BCUT2D eigenvalue weighted by atomic mass is 9.72. The van der Waals surface area contributed by atoms with Crippen molar-refractivity contribution in [2.24, 2.45) is 11.7 Å². The fourth-order valence-electron chi connectivity index (χ4n) is 2.39. The van der Waals surface area contributed by atoms with E-state index in [2.05, 4.69) is 5.32 Å². The monoisotopic (exact) mass is 198 g/mol. The quantitative estimate of drug-likeness (QED) is 0.672. The van der Waals surface area contributed by atoms with Crippen LogP contribution in [0.2, 0.25) is 0 Å². The average Bonchev–Trinajstić information content (AvgIpc) is 2.13. The molecule has 14 heavy (non-hydrogen) atoms. The second kappa shape index (κ2) is 3.87. The van der Waals surface area contributed by atoms with Crippen molar-refractivity contribution >= 4 is 5.91 Å². The number of rotatable bonds is 3. The molecule has 2 rings (SSSR count). The smallest absolute Gasteiger partial charge is 0.234 e. The van der Waals surface area contributed by atoms with Gasteiger partial charge in [0.2, 0.25) is 5.91 Å². The number of primary amides is 1. The first-order chi connectivity index (χ1) is 6.68. The van der Waals surface area contributed by atoms with Gasteiger partial charge in [0.15, 0.2) is 0 Å². The molecule has 0 radical (unpaired) electrons. The fraction of sp³-hybridized carbons (Fsp3) is 0.900. The Kier molecular flexibility index (Phi) is 2.74. The van der Waals surface area contributed by atoms with Gasteiger partial charge in [0.25, 0.3) is 0 Å². The van der Waals surface area contributed by atoms with Crippen LogP contribution in [0.15, 0.2) is 0 Å². The maximum absolute atomic E-state index is 10.9. The molecule has 1 aliphatic heterocycles. The molecule has 2 fully saturated rings. The Morgan fingerprint density at radius 1 is 1.64 bits per heavy atom. The molecule has 0 aromatic heterocycles. The summed E-state index contributed by atoms with van der Waals surface area (Å²) in [6.45, 7) is 2.72. The third kappa shape index (κ3) is 1.77. The molecular weight excluding hydrogens is 180 g/mol. The highest BCUT2D eigenvalue weighted by Gasteiger charge is 2.43. The maximum atomic E-state index is 10.9. The molecule has 1 saturated carbocycles. The molecular formula is C10H18N2O2. The molecule has 4 unspecified atom stereocenters. The summed E-state index contributed by atoms with van der Waals surface area (Å²) in [6, 6.07) is 0.214. The van der Waals surface area contributed by atoms with Gasteiger partial charge in [0, 0.05) is 18.6 Å². The van der Waals surface area contributed by atoms with Crippen molar-refractivity contribution in [3.8, 4) is 0 Å². The third-order valence-electron chi connectivity index (χ3n) is 3.39. The summed E-state index contributed by atoms with van der Waals surface area (Å²) in [4.78, 5) is 10.9. The standard InChI is InChI=1S/C10H18N2O2/c1-6(10(11)13)12-8-5-9-7(8)3-2-4-14-9/h6-9,12H,2-5H2,1H3,(H2,11,13). The molecule has 4 heteroatoms. The normalized spacial score (nSPS) is 38.2. The van der Waals surface area contributed by atoms with Crippen molar-refractivity contribution in [1.82, 2.24) is 5.32 Å². The van der Waals surface area contributed by atoms with Crippen LogP contribution in [0.4, 0.5) is 0 Å². The number of amides is 1. The Morgan fingerprint density at radius 2 is 2.43 bits per heavy atom. The summed E-state index contributed by atoms with van der Waals surface area (Å²) in [5.41, 5.74) is 5.20. The van der Waals surface area contributed by atoms with Crippen LogP contribution >= 0.6 is 0 Å². The minimum absolute atomic E-state index is 0.220. The summed E-state index contributed by atoms with van der Waals surface area (Å²) >= 11 is 0. The van der Waals surface area contributed by atoms with Crippen molar-refractivity contribution in [3.05, 3.63) is 0 Å². The first-order valence-corrected chi connectivity index (χ1v) is 5.35. The Morgan fingerprint density at radius 3 is 3.07 bits per heavy atom. The lowest BCUT2D eigenvalue weighted by Crippen LogP contribution is -2.60. The van der Waals surface area contributed by atoms with E-state index in [9.17, 15) is 4.79 Å². The van der Waals surface area contributed by atoms with E-state index in [1.807, 2.05) is 6.92 Å². The Labute approximate surface area is 84.2 Å². The zero-order valence-electron chi connectivity index (χ0n) is 8.53. The molecule has 2 aliphatic rings. The minimum Gasteiger partial charge on any atom is -0.378 e. The van der Waals surface area contributed by atoms with Gasteiger partial charge in [0.1, 0.15) is 0 Å². The van der Waals surface area contributed by atoms with Crippen LogP contribution in [0.3, 0.4) is 0 Å². The van der Waals surface area contributed by atoms with Crippen LogP contribution in [-0.4, -0.2) is 30.7 Å². The van der Waals surface area contributed by atoms with E-state index in [4.69, 9.17) is 10.5 Å². The van der Waals surface area contributed by atoms with Gasteiger partial charge in [-0.25, -0.2) is 0 Å². The fourth-order valence-corrected chi connectivity index (χ4v) is 2.39. The van der Waals surface area contributed by atoms with Gasteiger partial charge in [-0.1, -0.05) is 0 Å². The molecule has 1 heterocycles. The number of nitrogens with two attached hydrogens (primary N) is 1. The van der Waals surface area contributed by atoms with E-state index in [1.54, 1.807) is 0 Å². The lowest BCUT2D eigenvalue weighted by molar-refractivity contribution is -0.124. The van der Waals surface area contributed by atoms with Crippen LogP contribution < -0.4 is 11.1 Å². The van der Waals surface area contributed by atoms with Gasteiger partial charge in [-0.3, -0.25) is 4.79 Å². The summed E-state index contributed by atoms with van der Waals surface area (Å²) in [7, 11) is 0. The lowest BCUT2D eigenvalue weighted by Gasteiger charge is -2.48. The number of carbonyl (C=O) groups excluding carboxylic acids is 1. The first kappa shape index (κ1) is 9.93. The Balaban J connectivity index is 1.81. The van der Waals surface area contributed by atoms with E-state index in [0.717, 1.165) is 19.4 Å². The number of ether oxygens (including phenoxy) is 1. The number of fused-ring (bicyclic) bond motifs is 1. The van der Waals surface area contributed by atoms with Gasteiger partial charge in [-0.15, -0.1) is 0 Å². The maximum Gasteiger partial charge on any atom is 0.234 e. The number of hydrogen-bond acceptors (Lipinski definition) is 3. The van der Waals surface area contributed by atoms with E-state index >= 15 is 0 Å². The third-order valence-corrected chi connectivity index (χ3v) is 3.39. The van der Waals surface area contributed by atoms with E-state index in [1.165, 1.54) is 6.42 Å². The molecule has 1 amide bonds. The molecule has 0 spiro atoms. The highest BCUT2D eigenvalue weighted by Crippen LogP contribution is 2.37. The predicted octanol–water partition coefficient (Wildman–Crippen LogP) is 0.0173. The molecule has 1 aliphatic carbocycles. The largest absolute Gasteiger partial charge is 0.378 e. The molecule has 4 atom stereocenters. The van der Waals surface area contributed by atoms with Crippen molar-refractivity contribution in [2.75, 3.05) is 6.61 Å². The van der Waals surface area contributed by atoms with Crippen LogP contribution in [0, 0.1) is 5.92 Å². The van der Waals surface area contributed by atoms with Gasteiger partial charge < -0.3 is 15.8 Å². The van der Waals surface area contributed by atoms with Gasteiger partial charge >= 0.3 is 0 Å². The van der Waals surface area contributed by atoms with Gasteiger partial charge in [0.05, 0.1) is 12.1 Å². The minimum atomic E-state index is -0.273. The SMILES string of the molecule is CC(NC1CC2OCCCC12)C(N)=O. The second-order valence-corrected chi connectivity index (χ2v) is 4.35. The zero-order chi connectivity index (χ0) is 10.1. The Bertz CT molecular complexity index is 232. The average molecular weight is 198 g/mol. The van der Waals surface area contributed by atoms with Gasteiger partial charge in [-0.2, -0.15) is 0 Å². The van der Waals surface area contributed by atoms with Gasteiger partial charge in [-0.05, 0) is 26.2 Å². The summed E-state index contributed by atoms with van der Waals surface area (Å²) in [6.07, 6.45) is 3.82. The molecule has 4 nitrogen and oxygen atoms in total. The molecule has 3 N–H and O–H groups in total. The zero-order valence-corrected chi connectivity index (χ0v) is 8.53. The van der Waals surface area contributed by atoms with Crippen LogP contribution in [-0.2, 0) is 9.53 Å².